The van der Waals surface area contributed by atoms with Crippen LogP contribution in [0.15, 0.2) is 12.1 Å². The van der Waals surface area contributed by atoms with Crippen molar-refractivity contribution < 1.29 is 4.74 Å². The van der Waals surface area contributed by atoms with E-state index in [9.17, 15) is 0 Å². The monoisotopic (exact) mass is 249 g/mol. The van der Waals surface area contributed by atoms with Crippen LogP contribution in [0.3, 0.4) is 0 Å². The lowest BCUT2D eigenvalue weighted by atomic mass is 9.94. The third kappa shape index (κ3) is 3.74. The van der Waals surface area contributed by atoms with Crippen molar-refractivity contribution in [3.05, 3.63) is 28.8 Å². The number of hydrogen-bond acceptors (Lipinski definition) is 2. The fraction of sp³-hybridized carbons (Fsp3) is 0.625. The second-order valence-corrected chi connectivity index (χ2v) is 5.44. The Morgan fingerprint density at radius 2 is 1.89 bits per heavy atom. The Kier molecular flexibility index (Phi) is 5.67. The SMILES string of the molecule is CNC(CCc1c(C)cc(C)cc1OC)C(C)C. The van der Waals surface area contributed by atoms with Crippen molar-refractivity contribution in [3.63, 3.8) is 0 Å². The summed E-state index contributed by atoms with van der Waals surface area (Å²) < 4.78 is 5.51. The van der Waals surface area contributed by atoms with Gasteiger partial charge in [-0.3, -0.25) is 0 Å². The molecule has 0 aliphatic rings. The molecule has 0 heterocycles. The molecule has 1 aromatic carbocycles. The van der Waals surface area contributed by atoms with Gasteiger partial charge in [-0.1, -0.05) is 19.9 Å². The Morgan fingerprint density at radius 3 is 2.39 bits per heavy atom. The van der Waals surface area contributed by atoms with Crippen molar-refractivity contribution >= 4 is 0 Å². The van der Waals surface area contributed by atoms with Gasteiger partial charge in [0.2, 0.25) is 0 Å². The van der Waals surface area contributed by atoms with Gasteiger partial charge in [0, 0.05) is 6.04 Å². The fourth-order valence-corrected chi connectivity index (χ4v) is 2.57. The van der Waals surface area contributed by atoms with E-state index >= 15 is 0 Å². The smallest absolute Gasteiger partial charge is 0.122 e. The summed E-state index contributed by atoms with van der Waals surface area (Å²) in [6, 6.07) is 4.93. The molecule has 1 atom stereocenters. The molecule has 2 heteroatoms. The van der Waals surface area contributed by atoms with Crippen molar-refractivity contribution in [2.45, 2.75) is 46.6 Å². The van der Waals surface area contributed by atoms with Gasteiger partial charge in [0.25, 0.3) is 0 Å². The fourth-order valence-electron chi connectivity index (χ4n) is 2.57. The maximum absolute atomic E-state index is 5.51. The largest absolute Gasteiger partial charge is 0.496 e. The van der Waals surface area contributed by atoms with Gasteiger partial charge < -0.3 is 10.1 Å². The Labute approximate surface area is 112 Å². The minimum Gasteiger partial charge on any atom is -0.496 e. The zero-order chi connectivity index (χ0) is 13.7. The van der Waals surface area contributed by atoms with E-state index in [2.05, 4.69) is 45.1 Å². The number of methoxy groups -OCH3 is 1. The van der Waals surface area contributed by atoms with E-state index in [1.165, 1.54) is 16.7 Å². The molecule has 0 amide bonds. The second kappa shape index (κ2) is 6.79. The molecular formula is C16H27NO. The number of benzene rings is 1. The molecule has 0 saturated heterocycles. The molecule has 102 valence electrons. The van der Waals surface area contributed by atoms with Crippen molar-refractivity contribution in [1.82, 2.24) is 5.32 Å². The van der Waals surface area contributed by atoms with Gasteiger partial charge in [-0.15, -0.1) is 0 Å². The summed E-state index contributed by atoms with van der Waals surface area (Å²) in [5.74, 6) is 1.69. The molecule has 0 radical (unpaired) electrons. The van der Waals surface area contributed by atoms with Crippen LogP contribution in [0.1, 0.15) is 37.0 Å². The number of rotatable bonds is 6. The minimum atomic E-state index is 0.565. The Bertz CT molecular complexity index is 385. The zero-order valence-corrected chi connectivity index (χ0v) is 12.6. The average molecular weight is 249 g/mol. The highest BCUT2D eigenvalue weighted by molar-refractivity contribution is 5.43. The number of hydrogen-bond donors (Lipinski definition) is 1. The molecule has 0 fully saturated rings. The normalized spacial score (nSPS) is 12.8. The van der Waals surface area contributed by atoms with Gasteiger partial charge in [-0.2, -0.15) is 0 Å². The summed E-state index contributed by atoms with van der Waals surface area (Å²) in [6.45, 7) is 8.82. The van der Waals surface area contributed by atoms with Crippen LogP contribution < -0.4 is 10.1 Å². The third-order valence-corrected chi connectivity index (χ3v) is 3.68. The highest BCUT2D eigenvalue weighted by Gasteiger charge is 2.14. The molecule has 0 spiro atoms. The Hall–Kier alpha value is -1.02. The molecular weight excluding hydrogens is 222 g/mol. The first kappa shape index (κ1) is 15.0. The summed E-state index contributed by atoms with van der Waals surface area (Å²) in [6.07, 6.45) is 2.22. The predicted molar refractivity (Wildman–Crippen MR) is 78.5 cm³/mol. The second-order valence-electron chi connectivity index (χ2n) is 5.44. The molecule has 1 rings (SSSR count). The molecule has 1 unspecified atom stereocenters. The van der Waals surface area contributed by atoms with Gasteiger partial charge in [0.05, 0.1) is 7.11 Å². The number of aryl methyl sites for hydroxylation is 2. The van der Waals surface area contributed by atoms with E-state index in [4.69, 9.17) is 4.74 Å². The van der Waals surface area contributed by atoms with Crippen LogP contribution in [0, 0.1) is 19.8 Å². The molecule has 0 aliphatic carbocycles. The first-order chi connectivity index (χ1) is 8.49. The minimum absolute atomic E-state index is 0.565. The van der Waals surface area contributed by atoms with Crippen molar-refractivity contribution in [2.24, 2.45) is 5.92 Å². The number of nitrogens with one attached hydrogen (secondary N) is 1. The summed E-state index contributed by atoms with van der Waals surface area (Å²) in [7, 11) is 3.81. The van der Waals surface area contributed by atoms with Crippen molar-refractivity contribution in [1.29, 1.82) is 0 Å². The quantitative estimate of drug-likeness (QED) is 0.833. The molecule has 2 nitrogen and oxygen atoms in total. The van der Waals surface area contributed by atoms with Crippen molar-refractivity contribution in [2.75, 3.05) is 14.2 Å². The maximum Gasteiger partial charge on any atom is 0.122 e. The average Bonchev–Trinajstić information content (AvgIpc) is 2.31. The van der Waals surface area contributed by atoms with Crippen LogP contribution >= 0.6 is 0 Å². The topological polar surface area (TPSA) is 21.3 Å². The van der Waals surface area contributed by atoms with Gasteiger partial charge in [-0.05, 0) is 62.4 Å². The Morgan fingerprint density at radius 1 is 1.22 bits per heavy atom. The molecule has 1 N–H and O–H groups in total. The van der Waals surface area contributed by atoms with E-state index < -0.39 is 0 Å². The number of ether oxygens (including phenoxy) is 1. The highest BCUT2D eigenvalue weighted by atomic mass is 16.5. The van der Waals surface area contributed by atoms with Gasteiger partial charge >= 0.3 is 0 Å². The summed E-state index contributed by atoms with van der Waals surface area (Å²) in [4.78, 5) is 0. The summed E-state index contributed by atoms with van der Waals surface area (Å²) >= 11 is 0. The van der Waals surface area contributed by atoms with Gasteiger partial charge in [-0.25, -0.2) is 0 Å². The first-order valence-electron chi connectivity index (χ1n) is 6.81. The van der Waals surface area contributed by atoms with E-state index in [0.717, 1.165) is 18.6 Å². The lowest BCUT2D eigenvalue weighted by Gasteiger charge is -2.21. The van der Waals surface area contributed by atoms with Gasteiger partial charge in [0.15, 0.2) is 0 Å². The molecule has 0 aromatic heterocycles. The Balaban J connectivity index is 2.84. The molecule has 0 bridgehead atoms. The molecule has 1 aromatic rings. The summed E-state index contributed by atoms with van der Waals surface area (Å²) in [5, 5.41) is 3.40. The predicted octanol–water partition coefficient (Wildman–Crippen LogP) is 3.49. The van der Waals surface area contributed by atoms with Crippen LogP contribution in [0.2, 0.25) is 0 Å². The third-order valence-electron chi connectivity index (χ3n) is 3.68. The van der Waals surface area contributed by atoms with E-state index in [1.807, 2.05) is 7.05 Å². The molecule has 0 aliphatic heterocycles. The van der Waals surface area contributed by atoms with Gasteiger partial charge in [0.1, 0.15) is 5.75 Å². The van der Waals surface area contributed by atoms with Crippen LogP contribution in [-0.2, 0) is 6.42 Å². The maximum atomic E-state index is 5.51. The zero-order valence-electron chi connectivity index (χ0n) is 12.6. The first-order valence-corrected chi connectivity index (χ1v) is 6.81. The lowest BCUT2D eigenvalue weighted by Crippen LogP contribution is -2.31. The summed E-state index contributed by atoms with van der Waals surface area (Å²) in [5.41, 5.74) is 3.96. The van der Waals surface area contributed by atoms with Crippen LogP contribution in [0.25, 0.3) is 0 Å². The molecule has 0 saturated carbocycles. The standard InChI is InChI=1S/C16H27NO/c1-11(2)15(17-5)8-7-14-13(4)9-12(3)10-16(14)18-6/h9-11,15,17H,7-8H2,1-6H3. The van der Waals surface area contributed by atoms with Crippen LogP contribution in [0.5, 0.6) is 5.75 Å². The van der Waals surface area contributed by atoms with E-state index in [1.54, 1.807) is 7.11 Å². The van der Waals surface area contributed by atoms with Crippen molar-refractivity contribution in [3.8, 4) is 5.75 Å². The highest BCUT2D eigenvalue weighted by Crippen LogP contribution is 2.26. The van der Waals surface area contributed by atoms with Crippen LogP contribution in [-0.4, -0.2) is 20.2 Å². The van der Waals surface area contributed by atoms with E-state index in [-0.39, 0.29) is 0 Å². The van der Waals surface area contributed by atoms with E-state index in [0.29, 0.717) is 12.0 Å². The van der Waals surface area contributed by atoms with Crippen LogP contribution in [0.4, 0.5) is 0 Å². The molecule has 18 heavy (non-hydrogen) atoms. The lowest BCUT2D eigenvalue weighted by molar-refractivity contribution is 0.389.